The Bertz CT molecular complexity index is 800. The van der Waals surface area contributed by atoms with E-state index in [0.29, 0.717) is 36.1 Å². The number of hydrogen-bond donors (Lipinski definition) is 0. The highest BCUT2D eigenvalue weighted by molar-refractivity contribution is 8.00. The monoisotopic (exact) mass is 416 g/mol. The summed E-state index contributed by atoms with van der Waals surface area (Å²) in [5.41, 5.74) is 0.638. The van der Waals surface area contributed by atoms with Gasteiger partial charge in [-0.1, -0.05) is 19.3 Å². The van der Waals surface area contributed by atoms with Crippen LogP contribution >= 0.6 is 11.8 Å². The zero-order chi connectivity index (χ0) is 19.8. The van der Waals surface area contributed by atoms with Crippen molar-refractivity contribution < 1.29 is 19.1 Å². The molecule has 0 radical (unpaired) electrons. The van der Waals surface area contributed by atoms with Crippen molar-refractivity contribution in [1.82, 2.24) is 9.80 Å². The maximum Gasteiger partial charge on any atom is 0.253 e. The summed E-state index contributed by atoms with van der Waals surface area (Å²) in [5.74, 6) is 2.96. The molecule has 6 nitrogen and oxygen atoms in total. The molecule has 1 aliphatic carbocycles. The van der Waals surface area contributed by atoms with E-state index in [4.69, 9.17) is 9.47 Å². The molecule has 7 heteroatoms. The number of piperidine rings is 1. The van der Waals surface area contributed by atoms with Crippen LogP contribution in [0.3, 0.4) is 0 Å². The van der Waals surface area contributed by atoms with Crippen LogP contribution in [0.25, 0.3) is 0 Å². The van der Waals surface area contributed by atoms with Gasteiger partial charge < -0.3 is 19.3 Å². The Labute approximate surface area is 175 Å². The molecule has 3 aliphatic heterocycles. The lowest BCUT2D eigenvalue weighted by Gasteiger charge is -2.45. The van der Waals surface area contributed by atoms with Crippen LogP contribution in [0, 0.1) is 5.92 Å². The second-order valence-corrected chi connectivity index (χ2v) is 9.94. The molecule has 0 unspecified atom stereocenters. The molecule has 1 aromatic carbocycles. The van der Waals surface area contributed by atoms with Crippen molar-refractivity contribution in [2.75, 3.05) is 32.2 Å². The molecule has 2 amide bonds. The third kappa shape index (κ3) is 3.47. The van der Waals surface area contributed by atoms with Crippen molar-refractivity contribution in [2.45, 2.75) is 49.8 Å². The molecular weight excluding hydrogens is 388 g/mol. The predicted octanol–water partition coefficient (Wildman–Crippen LogP) is 3.50. The quantitative estimate of drug-likeness (QED) is 0.739. The Hall–Kier alpha value is -1.89. The van der Waals surface area contributed by atoms with E-state index in [-0.39, 0.29) is 23.5 Å². The van der Waals surface area contributed by atoms with Crippen LogP contribution in [0.15, 0.2) is 18.2 Å². The van der Waals surface area contributed by atoms with Gasteiger partial charge in [-0.2, -0.15) is 0 Å². The molecule has 1 spiro atoms. The van der Waals surface area contributed by atoms with Gasteiger partial charge in [-0.3, -0.25) is 9.59 Å². The molecule has 0 N–H and O–H groups in total. The number of fused-ring (bicyclic) bond motifs is 1. The van der Waals surface area contributed by atoms with Gasteiger partial charge in [0.25, 0.3) is 5.91 Å². The lowest BCUT2D eigenvalue weighted by atomic mass is 9.87. The Morgan fingerprint density at radius 1 is 1.00 bits per heavy atom. The van der Waals surface area contributed by atoms with Crippen molar-refractivity contribution >= 4 is 23.6 Å². The second-order valence-electron chi connectivity index (χ2n) is 8.48. The van der Waals surface area contributed by atoms with E-state index >= 15 is 0 Å². The summed E-state index contributed by atoms with van der Waals surface area (Å²) in [6.07, 6.45) is 7.43. The van der Waals surface area contributed by atoms with E-state index < -0.39 is 0 Å². The molecule has 4 aliphatic rings. The Balaban J connectivity index is 1.25. The van der Waals surface area contributed by atoms with Crippen LogP contribution < -0.4 is 9.47 Å². The summed E-state index contributed by atoms with van der Waals surface area (Å²) in [6, 6.07) is 5.39. The molecule has 5 rings (SSSR count). The zero-order valence-corrected chi connectivity index (χ0v) is 17.5. The topological polar surface area (TPSA) is 59.1 Å². The lowest BCUT2D eigenvalue weighted by molar-refractivity contribution is -0.140. The first-order valence-electron chi connectivity index (χ1n) is 10.8. The van der Waals surface area contributed by atoms with Gasteiger partial charge in [-0.05, 0) is 43.9 Å². The van der Waals surface area contributed by atoms with Crippen LogP contribution in [0.5, 0.6) is 11.5 Å². The predicted molar refractivity (Wildman–Crippen MR) is 111 cm³/mol. The van der Waals surface area contributed by atoms with Crippen molar-refractivity contribution in [3.8, 4) is 11.5 Å². The third-order valence-corrected chi connectivity index (χ3v) is 8.40. The van der Waals surface area contributed by atoms with E-state index in [9.17, 15) is 9.59 Å². The molecule has 0 atom stereocenters. The average Bonchev–Trinajstić information content (AvgIpc) is 3.40. The number of rotatable bonds is 2. The van der Waals surface area contributed by atoms with E-state index in [2.05, 4.69) is 4.90 Å². The first kappa shape index (κ1) is 19.1. The summed E-state index contributed by atoms with van der Waals surface area (Å²) < 4.78 is 10.7. The number of thioether (sulfide) groups is 1. The van der Waals surface area contributed by atoms with Crippen molar-refractivity contribution in [3.63, 3.8) is 0 Å². The highest BCUT2D eigenvalue weighted by Gasteiger charge is 2.48. The number of nitrogens with zero attached hydrogens (tertiary/aromatic N) is 2. The minimum Gasteiger partial charge on any atom is -0.454 e. The summed E-state index contributed by atoms with van der Waals surface area (Å²) in [5, 5.41) is 0. The Kier molecular flexibility index (Phi) is 5.10. The Morgan fingerprint density at radius 3 is 2.55 bits per heavy atom. The van der Waals surface area contributed by atoms with E-state index in [1.807, 2.05) is 22.7 Å². The van der Waals surface area contributed by atoms with Gasteiger partial charge in [-0.15, -0.1) is 11.8 Å². The van der Waals surface area contributed by atoms with E-state index in [1.54, 1.807) is 12.1 Å². The number of likely N-dealkylation sites (tertiary alicyclic amines) is 1. The molecule has 1 aromatic rings. The van der Waals surface area contributed by atoms with Crippen molar-refractivity contribution in [3.05, 3.63) is 23.8 Å². The molecule has 2 saturated heterocycles. The standard InChI is InChI=1S/C22H28N2O4S/c25-20(17-6-7-18-19(14-17)28-15-27-18)23-10-8-22(9-11-23)24(12-13-29-22)21(26)16-4-2-1-3-5-16/h6-7,14,16H,1-5,8-13,15H2. The molecule has 3 heterocycles. The molecule has 156 valence electrons. The summed E-state index contributed by atoms with van der Waals surface area (Å²) in [6.45, 7) is 2.45. The van der Waals surface area contributed by atoms with Crippen LogP contribution in [0.1, 0.15) is 55.3 Å². The van der Waals surface area contributed by atoms with E-state index in [1.165, 1.54) is 19.3 Å². The highest BCUT2D eigenvalue weighted by atomic mass is 32.2. The first-order valence-corrected chi connectivity index (χ1v) is 11.8. The minimum absolute atomic E-state index is 0.0336. The summed E-state index contributed by atoms with van der Waals surface area (Å²) in [4.78, 5) is 30.2. The zero-order valence-electron chi connectivity index (χ0n) is 16.7. The maximum atomic E-state index is 13.2. The number of carbonyl (C=O) groups is 2. The summed E-state index contributed by atoms with van der Waals surface area (Å²) >= 11 is 1.92. The van der Waals surface area contributed by atoms with Gasteiger partial charge >= 0.3 is 0 Å². The van der Waals surface area contributed by atoms with Crippen LogP contribution in [0.4, 0.5) is 0 Å². The van der Waals surface area contributed by atoms with Gasteiger partial charge in [0.1, 0.15) is 0 Å². The smallest absolute Gasteiger partial charge is 0.253 e. The van der Waals surface area contributed by atoms with Gasteiger partial charge in [-0.25, -0.2) is 0 Å². The van der Waals surface area contributed by atoms with Crippen molar-refractivity contribution in [1.29, 1.82) is 0 Å². The molecule has 0 bridgehead atoms. The SMILES string of the molecule is O=C(c1ccc2c(c1)OCO2)N1CCC2(CC1)SCCN2C(=O)C1CCCCC1. The normalized spacial score (nSPS) is 23.6. The number of carbonyl (C=O) groups excluding carboxylic acids is 2. The van der Waals surface area contributed by atoms with Gasteiger partial charge in [0.15, 0.2) is 11.5 Å². The van der Waals surface area contributed by atoms with Gasteiger partial charge in [0.2, 0.25) is 12.7 Å². The first-order chi connectivity index (χ1) is 14.2. The number of ether oxygens (including phenoxy) is 2. The number of amides is 2. The van der Waals surface area contributed by atoms with Crippen LogP contribution in [-0.2, 0) is 4.79 Å². The third-order valence-electron chi connectivity index (χ3n) is 6.85. The van der Waals surface area contributed by atoms with Crippen LogP contribution in [-0.4, -0.2) is 58.7 Å². The average molecular weight is 417 g/mol. The highest BCUT2D eigenvalue weighted by Crippen LogP contribution is 2.45. The molecule has 0 aromatic heterocycles. The molecule has 1 saturated carbocycles. The van der Waals surface area contributed by atoms with E-state index in [0.717, 1.165) is 38.0 Å². The number of benzene rings is 1. The fourth-order valence-corrected chi connectivity index (χ4v) is 6.64. The number of hydrogen-bond acceptors (Lipinski definition) is 5. The fourth-order valence-electron chi connectivity index (χ4n) is 5.18. The minimum atomic E-state index is -0.111. The molecular formula is C22H28N2O4S. The fraction of sp³-hybridized carbons (Fsp3) is 0.636. The van der Waals surface area contributed by atoms with Gasteiger partial charge in [0.05, 0.1) is 4.87 Å². The Morgan fingerprint density at radius 2 is 1.76 bits per heavy atom. The largest absolute Gasteiger partial charge is 0.454 e. The van der Waals surface area contributed by atoms with Crippen LogP contribution in [0.2, 0.25) is 0 Å². The van der Waals surface area contributed by atoms with Gasteiger partial charge in [0, 0.05) is 36.9 Å². The van der Waals surface area contributed by atoms with Crippen molar-refractivity contribution in [2.24, 2.45) is 5.92 Å². The summed E-state index contributed by atoms with van der Waals surface area (Å²) in [7, 11) is 0. The maximum absolute atomic E-state index is 13.2. The molecule has 3 fully saturated rings. The molecule has 29 heavy (non-hydrogen) atoms. The lowest BCUT2D eigenvalue weighted by Crippen LogP contribution is -2.55. The second kappa shape index (κ2) is 7.74.